The maximum absolute atomic E-state index is 12.2. The minimum absolute atomic E-state index is 0.119. The van der Waals surface area contributed by atoms with Crippen LogP contribution in [0, 0.1) is 5.92 Å². The molecule has 20 heavy (non-hydrogen) atoms. The van der Waals surface area contributed by atoms with Gasteiger partial charge in [-0.15, -0.1) is 0 Å². The number of rotatable bonds is 3. The molecule has 0 bridgehead atoms. The third-order valence-electron chi connectivity index (χ3n) is 4.57. The standard InChI is InChI=1S/C15H29N3O2/c1-11(2)14(16)15(19)17-6-4-13(5-7-17)18-8-9-20-12(3)10-18/h11-14H,4-10,16H2,1-3H3/t12?,14-/m0/s1. The summed E-state index contributed by atoms with van der Waals surface area (Å²) in [5.74, 6) is 0.328. The van der Waals surface area contributed by atoms with Gasteiger partial charge in [0.2, 0.25) is 5.91 Å². The average molecular weight is 283 g/mol. The van der Waals surface area contributed by atoms with Gasteiger partial charge in [0.05, 0.1) is 18.8 Å². The van der Waals surface area contributed by atoms with Gasteiger partial charge in [0.25, 0.3) is 0 Å². The first kappa shape index (κ1) is 15.7. The van der Waals surface area contributed by atoms with Gasteiger partial charge in [0.1, 0.15) is 0 Å². The molecule has 2 aliphatic heterocycles. The molecule has 2 fully saturated rings. The third-order valence-corrected chi connectivity index (χ3v) is 4.57. The SMILES string of the molecule is CC1CN(C2CCN(C(=O)[C@@H](N)C(C)C)CC2)CCO1. The van der Waals surface area contributed by atoms with Crippen molar-refractivity contribution in [1.29, 1.82) is 0 Å². The van der Waals surface area contributed by atoms with E-state index in [1.807, 2.05) is 18.7 Å². The summed E-state index contributed by atoms with van der Waals surface area (Å²) in [6.07, 6.45) is 2.45. The van der Waals surface area contributed by atoms with Crippen molar-refractivity contribution in [1.82, 2.24) is 9.80 Å². The van der Waals surface area contributed by atoms with Crippen LogP contribution in [-0.4, -0.2) is 66.7 Å². The van der Waals surface area contributed by atoms with E-state index in [1.165, 1.54) is 0 Å². The van der Waals surface area contributed by atoms with Crippen LogP contribution in [0.1, 0.15) is 33.6 Å². The molecule has 0 aliphatic carbocycles. The number of nitrogens with two attached hydrogens (primary N) is 1. The van der Waals surface area contributed by atoms with Gasteiger partial charge >= 0.3 is 0 Å². The molecule has 2 saturated heterocycles. The first-order valence-electron chi connectivity index (χ1n) is 7.89. The smallest absolute Gasteiger partial charge is 0.239 e. The number of hydrogen-bond acceptors (Lipinski definition) is 4. The van der Waals surface area contributed by atoms with Crippen molar-refractivity contribution in [3.63, 3.8) is 0 Å². The van der Waals surface area contributed by atoms with Crippen molar-refractivity contribution in [2.45, 2.75) is 51.8 Å². The number of morpholine rings is 1. The Balaban J connectivity index is 1.81. The first-order chi connectivity index (χ1) is 9.49. The molecule has 0 aromatic heterocycles. The van der Waals surface area contributed by atoms with E-state index in [1.54, 1.807) is 0 Å². The minimum atomic E-state index is -0.352. The summed E-state index contributed by atoms with van der Waals surface area (Å²) in [5.41, 5.74) is 5.97. The van der Waals surface area contributed by atoms with Gasteiger partial charge in [-0.25, -0.2) is 0 Å². The van der Waals surface area contributed by atoms with Crippen LogP contribution < -0.4 is 5.73 Å². The van der Waals surface area contributed by atoms with Crippen LogP contribution in [0.15, 0.2) is 0 Å². The summed E-state index contributed by atoms with van der Waals surface area (Å²) in [5, 5.41) is 0. The lowest BCUT2D eigenvalue weighted by Crippen LogP contribution is -2.54. The van der Waals surface area contributed by atoms with E-state index in [4.69, 9.17) is 10.5 Å². The highest BCUT2D eigenvalue weighted by Gasteiger charge is 2.31. The Kier molecular flexibility index (Phi) is 5.41. The van der Waals surface area contributed by atoms with Crippen LogP contribution in [0.4, 0.5) is 0 Å². The Bertz CT molecular complexity index is 327. The topological polar surface area (TPSA) is 58.8 Å². The molecule has 0 spiro atoms. The predicted octanol–water partition coefficient (Wildman–Crippen LogP) is 0.681. The van der Waals surface area contributed by atoms with Gasteiger partial charge < -0.3 is 15.4 Å². The Morgan fingerprint density at radius 3 is 2.45 bits per heavy atom. The number of amides is 1. The summed E-state index contributed by atoms with van der Waals surface area (Å²) in [6, 6.07) is 0.246. The molecule has 2 rings (SSSR count). The van der Waals surface area contributed by atoms with Crippen molar-refractivity contribution in [3.05, 3.63) is 0 Å². The summed E-state index contributed by atoms with van der Waals surface area (Å²) in [6.45, 7) is 10.7. The molecule has 116 valence electrons. The number of piperidine rings is 1. The molecule has 0 saturated carbocycles. The van der Waals surface area contributed by atoms with Crippen molar-refractivity contribution in [3.8, 4) is 0 Å². The van der Waals surface area contributed by atoms with Gasteiger partial charge in [0, 0.05) is 32.2 Å². The van der Waals surface area contributed by atoms with Crippen LogP contribution in [0.5, 0.6) is 0 Å². The largest absolute Gasteiger partial charge is 0.376 e. The van der Waals surface area contributed by atoms with Crippen LogP contribution in [-0.2, 0) is 9.53 Å². The van der Waals surface area contributed by atoms with Gasteiger partial charge in [-0.2, -0.15) is 0 Å². The van der Waals surface area contributed by atoms with E-state index < -0.39 is 0 Å². The maximum atomic E-state index is 12.2. The number of nitrogens with zero attached hydrogens (tertiary/aromatic N) is 2. The molecule has 0 aromatic rings. The van der Waals surface area contributed by atoms with E-state index >= 15 is 0 Å². The summed E-state index contributed by atoms with van der Waals surface area (Å²) in [7, 11) is 0. The Hall–Kier alpha value is -0.650. The van der Waals surface area contributed by atoms with Gasteiger partial charge in [-0.1, -0.05) is 13.8 Å². The number of hydrogen-bond donors (Lipinski definition) is 1. The van der Waals surface area contributed by atoms with E-state index in [0.29, 0.717) is 12.1 Å². The highest BCUT2D eigenvalue weighted by atomic mass is 16.5. The van der Waals surface area contributed by atoms with Crippen LogP contribution >= 0.6 is 0 Å². The highest BCUT2D eigenvalue weighted by molar-refractivity contribution is 5.82. The molecule has 2 N–H and O–H groups in total. The molecular formula is C15H29N3O2. The van der Waals surface area contributed by atoms with Crippen molar-refractivity contribution < 1.29 is 9.53 Å². The Labute approximate surface area is 122 Å². The van der Waals surface area contributed by atoms with E-state index in [0.717, 1.165) is 45.6 Å². The van der Waals surface area contributed by atoms with Crippen molar-refractivity contribution in [2.75, 3.05) is 32.8 Å². The summed E-state index contributed by atoms with van der Waals surface area (Å²) >= 11 is 0. The highest BCUT2D eigenvalue weighted by Crippen LogP contribution is 2.20. The zero-order valence-electron chi connectivity index (χ0n) is 13.0. The van der Waals surface area contributed by atoms with Gasteiger partial charge in [-0.05, 0) is 25.7 Å². The maximum Gasteiger partial charge on any atom is 0.239 e. The normalized spacial score (nSPS) is 27.9. The molecule has 2 heterocycles. The number of carbonyl (C=O) groups excluding carboxylic acids is 1. The summed E-state index contributed by atoms with van der Waals surface area (Å²) in [4.78, 5) is 16.7. The second kappa shape index (κ2) is 6.87. The zero-order chi connectivity index (χ0) is 14.7. The third kappa shape index (κ3) is 3.71. The van der Waals surface area contributed by atoms with Crippen LogP contribution in [0.25, 0.3) is 0 Å². The van der Waals surface area contributed by atoms with E-state index in [-0.39, 0.29) is 17.9 Å². The quantitative estimate of drug-likeness (QED) is 0.827. The fourth-order valence-corrected chi connectivity index (χ4v) is 3.12. The second-order valence-electron chi connectivity index (χ2n) is 6.50. The number of likely N-dealkylation sites (tertiary alicyclic amines) is 1. The lowest BCUT2D eigenvalue weighted by atomic mass is 9.99. The predicted molar refractivity (Wildman–Crippen MR) is 79.4 cm³/mol. The fourth-order valence-electron chi connectivity index (χ4n) is 3.12. The Morgan fingerprint density at radius 2 is 1.90 bits per heavy atom. The van der Waals surface area contributed by atoms with Gasteiger partial charge in [0.15, 0.2) is 0 Å². The molecule has 2 aliphatic rings. The molecule has 1 unspecified atom stereocenters. The van der Waals surface area contributed by atoms with Crippen LogP contribution in [0.2, 0.25) is 0 Å². The molecule has 2 atom stereocenters. The zero-order valence-corrected chi connectivity index (χ0v) is 13.0. The Morgan fingerprint density at radius 1 is 1.25 bits per heavy atom. The van der Waals surface area contributed by atoms with Crippen molar-refractivity contribution in [2.24, 2.45) is 11.7 Å². The van der Waals surface area contributed by atoms with E-state index in [9.17, 15) is 4.79 Å². The molecular weight excluding hydrogens is 254 g/mol. The molecule has 5 nitrogen and oxygen atoms in total. The number of carbonyl (C=O) groups is 1. The average Bonchev–Trinajstić information content (AvgIpc) is 2.46. The summed E-state index contributed by atoms with van der Waals surface area (Å²) < 4.78 is 5.59. The van der Waals surface area contributed by atoms with Crippen molar-refractivity contribution >= 4 is 5.91 Å². The lowest BCUT2D eigenvalue weighted by Gasteiger charge is -2.42. The fraction of sp³-hybridized carbons (Fsp3) is 0.933. The minimum Gasteiger partial charge on any atom is -0.376 e. The number of ether oxygens (including phenoxy) is 1. The molecule has 0 radical (unpaired) electrons. The molecule has 1 amide bonds. The monoisotopic (exact) mass is 283 g/mol. The molecule has 0 aromatic carbocycles. The lowest BCUT2D eigenvalue weighted by molar-refractivity contribution is -0.135. The molecule has 5 heteroatoms. The van der Waals surface area contributed by atoms with Crippen LogP contribution in [0.3, 0.4) is 0 Å². The van der Waals surface area contributed by atoms with E-state index in [2.05, 4.69) is 11.8 Å². The van der Waals surface area contributed by atoms with Gasteiger partial charge in [-0.3, -0.25) is 9.69 Å². The second-order valence-corrected chi connectivity index (χ2v) is 6.50. The first-order valence-corrected chi connectivity index (χ1v) is 7.89.